The summed E-state index contributed by atoms with van der Waals surface area (Å²) in [5.41, 5.74) is 2.11. The van der Waals surface area contributed by atoms with Gasteiger partial charge in [-0.1, -0.05) is 12.1 Å². The van der Waals surface area contributed by atoms with Gasteiger partial charge in [-0.25, -0.2) is 4.39 Å². The Morgan fingerprint density at radius 1 is 1.14 bits per heavy atom. The SMILES string of the molecule is Cc1cc(I)ccc1OCC(=O)N1C[C@@H](C)N(Cc2ccc(F)cc2)C[C@@H]1C. The van der Waals surface area contributed by atoms with Crippen LogP contribution in [-0.4, -0.2) is 47.5 Å². The molecular weight excluding hydrogens is 470 g/mol. The zero-order valence-electron chi connectivity index (χ0n) is 16.5. The third kappa shape index (κ3) is 5.23. The number of aryl methyl sites for hydroxylation is 1. The molecule has 2 aromatic rings. The monoisotopic (exact) mass is 496 g/mol. The number of halogens is 2. The van der Waals surface area contributed by atoms with Crippen LogP contribution in [0.25, 0.3) is 0 Å². The number of piperazine rings is 1. The van der Waals surface area contributed by atoms with Gasteiger partial charge in [-0.3, -0.25) is 9.69 Å². The second-order valence-corrected chi connectivity index (χ2v) is 8.74. The molecule has 0 unspecified atom stereocenters. The van der Waals surface area contributed by atoms with Gasteiger partial charge in [0, 0.05) is 35.3 Å². The van der Waals surface area contributed by atoms with Gasteiger partial charge < -0.3 is 9.64 Å². The summed E-state index contributed by atoms with van der Waals surface area (Å²) < 4.78 is 20.0. The van der Waals surface area contributed by atoms with Crippen LogP contribution in [0, 0.1) is 16.3 Å². The van der Waals surface area contributed by atoms with Crippen LogP contribution in [0.4, 0.5) is 4.39 Å². The molecule has 0 spiro atoms. The minimum absolute atomic E-state index is 0.0127. The van der Waals surface area contributed by atoms with Gasteiger partial charge in [-0.15, -0.1) is 0 Å². The first-order valence-electron chi connectivity index (χ1n) is 9.50. The Morgan fingerprint density at radius 2 is 1.86 bits per heavy atom. The maximum atomic E-state index is 13.1. The molecule has 6 heteroatoms. The Labute approximate surface area is 179 Å². The summed E-state index contributed by atoms with van der Waals surface area (Å²) in [4.78, 5) is 17.0. The summed E-state index contributed by atoms with van der Waals surface area (Å²) in [5.74, 6) is 0.548. The summed E-state index contributed by atoms with van der Waals surface area (Å²) in [6.45, 7) is 8.43. The normalized spacial score (nSPS) is 20.2. The number of amides is 1. The number of ether oxygens (including phenoxy) is 1. The molecule has 3 rings (SSSR count). The highest BCUT2D eigenvalue weighted by atomic mass is 127. The number of hydrogen-bond donors (Lipinski definition) is 0. The molecule has 28 heavy (non-hydrogen) atoms. The number of hydrogen-bond acceptors (Lipinski definition) is 3. The zero-order valence-corrected chi connectivity index (χ0v) is 18.6. The largest absolute Gasteiger partial charge is 0.483 e. The molecule has 0 radical (unpaired) electrons. The zero-order chi connectivity index (χ0) is 20.3. The Hall–Kier alpha value is -1.67. The standard InChI is InChI=1S/C22H26FIN2O2/c1-15-10-20(24)8-9-21(15)28-14-22(27)26-12-16(2)25(11-17(26)3)13-18-4-6-19(23)7-5-18/h4-10,16-17H,11-14H2,1-3H3/t16-,17+/m1/s1. The highest BCUT2D eigenvalue weighted by molar-refractivity contribution is 14.1. The molecule has 1 heterocycles. The maximum absolute atomic E-state index is 13.1. The fourth-order valence-electron chi connectivity index (χ4n) is 3.59. The van der Waals surface area contributed by atoms with E-state index in [-0.39, 0.29) is 30.4 Å². The predicted molar refractivity (Wildman–Crippen MR) is 117 cm³/mol. The Bertz CT molecular complexity index is 828. The Balaban J connectivity index is 1.57. The van der Waals surface area contributed by atoms with E-state index in [2.05, 4.69) is 41.3 Å². The summed E-state index contributed by atoms with van der Waals surface area (Å²) in [6, 6.07) is 12.9. The molecule has 1 aliphatic rings. The summed E-state index contributed by atoms with van der Waals surface area (Å²) in [7, 11) is 0. The fraction of sp³-hybridized carbons (Fsp3) is 0.409. The van der Waals surface area contributed by atoms with Gasteiger partial charge in [0.1, 0.15) is 11.6 Å². The molecule has 0 saturated carbocycles. The van der Waals surface area contributed by atoms with E-state index < -0.39 is 0 Å². The smallest absolute Gasteiger partial charge is 0.260 e. The van der Waals surface area contributed by atoms with E-state index in [0.29, 0.717) is 6.54 Å². The van der Waals surface area contributed by atoms with Gasteiger partial charge in [0.15, 0.2) is 6.61 Å². The minimum atomic E-state index is -0.219. The Morgan fingerprint density at radius 3 is 2.54 bits per heavy atom. The molecule has 0 bridgehead atoms. The van der Waals surface area contributed by atoms with Crippen molar-refractivity contribution in [3.63, 3.8) is 0 Å². The average Bonchev–Trinajstić information content (AvgIpc) is 2.65. The van der Waals surface area contributed by atoms with Crippen LogP contribution in [0.5, 0.6) is 5.75 Å². The van der Waals surface area contributed by atoms with Gasteiger partial charge in [-0.05, 0) is 84.8 Å². The van der Waals surface area contributed by atoms with Crippen molar-refractivity contribution in [2.75, 3.05) is 19.7 Å². The van der Waals surface area contributed by atoms with Crippen molar-refractivity contribution in [2.24, 2.45) is 0 Å². The van der Waals surface area contributed by atoms with Crippen molar-refractivity contribution in [3.05, 3.63) is 63.0 Å². The lowest BCUT2D eigenvalue weighted by molar-refractivity contribution is -0.139. The number of benzene rings is 2. The van der Waals surface area contributed by atoms with Gasteiger partial charge in [0.2, 0.25) is 0 Å². The molecule has 1 amide bonds. The van der Waals surface area contributed by atoms with Gasteiger partial charge in [0.05, 0.1) is 0 Å². The molecule has 2 aromatic carbocycles. The van der Waals surface area contributed by atoms with E-state index in [0.717, 1.165) is 33.5 Å². The fourth-order valence-corrected chi connectivity index (χ4v) is 4.23. The average molecular weight is 496 g/mol. The lowest BCUT2D eigenvalue weighted by Crippen LogP contribution is -2.58. The van der Waals surface area contributed by atoms with Crippen molar-refractivity contribution in [1.29, 1.82) is 0 Å². The lowest BCUT2D eigenvalue weighted by atomic mass is 10.1. The molecule has 0 N–H and O–H groups in total. The third-order valence-electron chi connectivity index (χ3n) is 5.22. The predicted octanol–water partition coefficient (Wildman–Crippen LogP) is 4.24. The lowest BCUT2D eigenvalue weighted by Gasteiger charge is -2.44. The van der Waals surface area contributed by atoms with Gasteiger partial charge >= 0.3 is 0 Å². The van der Waals surface area contributed by atoms with Crippen molar-refractivity contribution in [3.8, 4) is 5.75 Å². The van der Waals surface area contributed by atoms with Crippen LogP contribution in [0.15, 0.2) is 42.5 Å². The molecule has 2 atom stereocenters. The molecule has 0 aliphatic carbocycles. The van der Waals surface area contributed by atoms with Crippen LogP contribution in [0.1, 0.15) is 25.0 Å². The second-order valence-electron chi connectivity index (χ2n) is 7.50. The molecule has 4 nitrogen and oxygen atoms in total. The van der Waals surface area contributed by atoms with Gasteiger partial charge in [-0.2, -0.15) is 0 Å². The van der Waals surface area contributed by atoms with Crippen molar-refractivity contribution < 1.29 is 13.9 Å². The highest BCUT2D eigenvalue weighted by Gasteiger charge is 2.32. The summed E-state index contributed by atoms with van der Waals surface area (Å²) in [6.07, 6.45) is 0. The van der Waals surface area contributed by atoms with Crippen LogP contribution in [-0.2, 0) is 11.3 Å². The van der Waals surface area contributed by atoms with E-state index in [9.17, 15) is 9.18 Å². The molecular formula is C22H26FIN2O2. The maximum Gasteiger partial charge on any atom is 0.260 e. The first-order valence-corrected chi connectivity index (χ1v) is 10.6. The number of nitrogens with zero attached hydrogens (tertiary/aromatic N) is 2. The van der Waals surface area contributed by atoms with E-state index in [1.165, 1.54) is 12.1 Å². The van der Waals surface area contributed by atoms with E-state index in [1.54, 1.807) is 0 Å². The second kappa shape index (κ2) is 9.22. The minimum Gasteiger partial charge on any atom is -0.483 e. The van der Waals surface area contributed by atoms with Crippen LogP contribution < -0.4 is 4.74 Å². The van der Waals surface area contributed by atoms with Gasteiger partial charge in [0.25, 0.3) is 5.91 Å². The highest BCUT2D eigenvalue weighted by Crippen LogP contribution is 2.22. The van der Waals surface area contributed by atoms with Crippen molar-refractivity contribution in [1.82, 2.24) is 9.80 Å². The van der Waals surface area contributed by atoms with Crippen LogP contribution in [0.3, 0.4) is 0 Å². The van der Waals surface area contributed by atoms with E-state index in [1.807, 2.05) is 42.2 Å². The summed E-state index contributed by atoms with van der Waals surface area (Å²) in [5, 5.41) is 0. The van der Waals surface area contributed by atoms with E-state index in [4.69, 9.17) is 4.74 Å². The first-order chi connectivity index (χ1) is 13.3. The molecule has 1 aliphatic heterocycles. The van der Waals surface area contributed by atoms with Crippen molar-refractivity contribution in [2.45, 2.75) is 39.4 Å². The first kappa shape index (κ1) is 21.0. The van der Waals surface area contributed by atoms with Crippen LogP contribution in [0.2, 0.25) is 0 Å². The van der Waals surface area contributed by atoms with E-state index >= 15 is 0 Å². The summed E-state index contributed by atoms with van der Waals surface area (Å²) >= 11 is 2.26. The number of carbonyl (C=O) groups is 1. The quantitative estimate of drug-likeness (QED) is 0.581. The molecule has 1 saturated heterocycles. The topological polar surface area (TPSA) is 32.8 Å². The Kier molecular flexibility index (Phi) is 6.93. The van der Waals surface area contributed by atoms with Crippen molar-refractivity contribution >= 4 is 28.5 Å². The third-order valence-corrected chi connectivity index (χ3v) is 5.89. The number of rotatable bonds is 5. The molecule has 0 aromatic heterocycles. The number of carbonyl (C=O) groups excluding carboxylic acids is 1. The van der Waals surface area contributed by atoms with Crippen LogP contribution >= 0.6 is 22.6 Å². The molecule has 1 fully saturated rings. The molecule has 150 valence electrons.